The van der Waals surface area contributed by atoms with Crippen LogP contribution in [-0.2, 0) is 13.1 Å². The van der Waals surface area contributed by atoms with Crippen molar-refractivity contribution >= 4 is 5.96 Å². The normalized spacial score (nSPS) is 12.8. The van der Waals surface area contributed by atoms with E-state index in [2.05, 4.69) is 21.3 Å². The van der Waals surface area contributed by atoms with Crippen LogP contribution in [0.5, 0.6) is 17.2 Å². The minimum Gasteiger partial charge on any atom is -0.496 e. The fourth-order valence-electron chi connectivity index (χ4n) is 2.78. The Morgan fingerprint density at radius 3 is 2.80 bits per heavy atom. The van der Waals surface area contributed by atoms with E-state index >= 15 is 0 Å². The third-order valence-electron chi connectivity index (χ3n) is 4.06. The molecule has 1 aliphatic heterocycles. The van der Waals surface area contributed by atoms with Gasteiger partial charge in [-0.3, -0.25) is 4.99 Å². The largest absolute Gasteiger partial charge is 0.496 e. The highest BCUT2D eigenvalue weighted by atomic mass is 16.7. The maximum atomic E-state index is 5.42. The first-order valence-electron chi connectivity index (χ1n) is 8.13. The van der Waals surface area contributed by atoms with Gasteiger partial charge in [0.2, 0.25) is 6.79 Å². The number of ether oxygens (including phenoxy) is 3. The lowest BCUT2D eigenvalue weighted by Crippen LogP contribution is -2.38. The topological polar surface area (TPSA) is 55.3 Å². The minimum absolute atomic E-state index is 0.287. The molecule has 0 amide bonds. The number of benzene rings is 2. The summed E-state index contributed by atoms with van der Waals surface area (Å²) in [5, 5.41) is 3.37. The van der Waals surface area contributed by atoms with Crippen LogP contribution in [0.4, 0.5) is 0 Å². The van der Waals surface area contributed by atoms with Gasteiger partial charge in [0, 0.05) is 32.7 Å². The molecule has 0 saturated carbocycles. The van der Waals surface area contributed by atoms with Crippen molar-refractivity contribution in [1.29, 1.82) is 0 Å². The number of rotatable bonds is 5. The first kappa shape index (κ1) is 17.0. The van der Waals surface area contributed by atoms with Crippen LogP contribution in [0.15, 0.2) is 47.5 Å². The molecule has 0 spiro atoms. The lowest BCUT2D eigenvalue weighted by molar-refractivity contribution is 0.174. The quantitative estimate of drug-likeness (QED) is 0.669. The molecule has 132 valence electrons. The van der Waals surface area contributed by atoms with Gasteiger partial charge in [0.25, 0.3) is 0 Å². The lowest BCUT2D eigenvalue weighted by Gasteiger charge is -2.23. The zero-order valence-electron chi connectivity index (χ0n) is 14.8. The molecule has 0 bridgehead atoms. The second-order valence-corrected chi connectivity index (χ2v) is 5.76. The number of fused-ring (bicyclic) bond motifs is 1. The second-order valence-electron chi connectivity index (χ2n) is 5.76. The number of hydrogen-bond donors (Lipinski definition) is 1. The summed E-state index contributed by atoms with van der Waals surface area (Å²) >= 11 is 0. The van der Waals surface area contributed by atoms with E-state index in [1.165, 1.54) is 0 Å². The SMILES string of the molecule is CN=C(NCc1ccc2c(c1)OCO2)N(C)Cc1ccccc1OC. The molecule has 1 aliphatic rings. The zero-order chi connectivity index (χ0) is 17.6. The van der Waals surface area contributed by atoms with E-state index in [-0.39, 0.29) is 6.79 Å². The van der Waals surface area contributed by atoms with E-state index < -0.39 is 0 Å². The lowest BCUT2D eigenvalue weighted by atomic mass is 10.2. The predicted octanol–water partition coefficient (Wildman–Crippen LogP) is 2.63. The number of guanidine groups is 1. The second kappa shape index (κ2) is 7.79. The number of hydrogen-bond acceptors (Lipinski definition) is 4. The third kappa shape index (κ3) is 3.96. The van der Waals surface area contributed by atoms with Gasteiger partial charge in [-0.05, 0) is 23.8 Å². The first-order chi connectivity index (χ1) is 12.2. The maximum Gasteiger partial charge on any atom is 0.231 e. The van der Waals surface area contributed by atoms with E-state index in [9.17, 15) is 0 Å². The van der Waals surface area contributed by atoms with Crippen molar-refractivity contribution in [1.82, 2.24) is 10.2 Å². The molecule has 0 radical (unpaired) electrons. The van der Waals surface area contributed by atoms with Crippen LogP contribution in [0.25, 0.3) is 0 Å². The van der Waals surface area contributed by atoms with Gasteiger partial charge >= 0.3 is 0 Å². The molecular formula is C19H23N3O3. The van der Waals surface area contributed by atoms with Crippen LogP contribution in [0.3, 0.4) is 0 Å². The molecule has 0 unspecified atom stereocenters. The highest BCUT2D eigenvalue weighted by Gasteiger charge is 2.14. The summed E-state index contributed by atoms with van der Waals surface area (Å²) in [5.41, 5.74) is 2.22. The Bertz CT molecular complexity index is 761. The number of aliphatic imine (C=N–C) groups is 1. The summed E-state index contributed by atoms with van der Waals surface area (Å²) in [6.45, 7) is 1.64. The highest BCUT2D eigenvalue weighted by Crippen LogP contribution is 2.32. The van der Waals surface area contributed by atoms with Crippen LogP contribution in [-0.4, -0.2) is 38.9 Å². The maximum absolute atomic E-state index is 5.42. The molecule has 25 heavy (non-hydrogen) atoms. The van der Waals surface area contributed by atoms with E-state index in [0.717, 1.165) is 34.3 Å². The monoisotopic (exact) mass is 341 g/mol. The van der Waals surface area contributed by atoms with Crippen molar-refractivity contribution < 1.29 is 14.2 Å². The molecule has 0 aromatic heterocycles. The van der Waals surface area contributed by atoms with Gasteiger partial charge in [0.05, 0.1) is 7.11 Å². The Labute approximate surface area is 148 Å². The summed E-state index contributed by atoms with van der Waals surface area (Å²) in [4.78, 5) is 6.42. The molecule has 6 heteroatoms. The van der Waals surface area contributed by atoms with Gasteiger partial charge in [-0.1, -0.05) is 24.3 Å². The molecule has 1 heterocycles. The average molecular weight is 341 g/mol. The Balaban J connectivity index is 1.62. The van der Waals surface area contributed by atoms with Crippen LogP contribution in [0.1, 0.15) is 11.1 Å². The summed E-state index contributed by atoms with van der Waals surface area (Å²) in [6, 6.07) is 13.9. The van der Waals surface area contributed by atoms with Gasteiger partial charge in [-0.15, -0.1) is 0 Å². The van der Waals surface area contributed by atoms with Crippen molar-refractivity contribution in [2.75, 3.05) is 28.0 Å². The van der Waals surface area contributed by atoms with Crippen molar-refractivity contribution in [3.63, 3.8) is 0 Å². The summed E-state index contributed by atoms with van der Waals surface area (Å²) in [5.74, 6) is 3.27. The fourth-order valence-corrected chi connectivity index (χ4v) is 2.78. The minimum atomic E-state index is 0.287. The Kier molecular flexibility index (Phi) is 5.28. The molecule has 2 aromatic rings. The van der Waals surface area contributed by atoms with Gasteiger partial charge in [0.1, 0.15) is 5.75 Å². The molecule has 0 saturated heterocycles. The summed E-state index contributed by atoms with van der Waals surface area (Å²) in [6.07, 6.45) is 0. The molecule has 1 N–H and O–H groups in total. The van der Waals surface area contributed by atoms with Gasteiger partial charge in [0.15, 0.2) is 17.5 Å². The Hall–Kier alpha value is -2.89. The van der Waals surface area contributed by atoms with E-state index in [4.69, 9.17) is 14.2 Å². The van der Waals surface area contributed by atoms with E-state index in [0.29, 0.717) is 13.1 Å². The van der Waals surface area contributed by atoms with Gasteiger partial charge in [-0.25, -0.2) is 0 Å². The molecule has 0 aliphatic carbocycles. The molecule has 2 aromatic carbocycles. The van der Waals surface area contributed by atoms with E-state index in [1.54, 1.807) is 14.2 Å². The van der Waals surface area contributed by atoms with Crippen LogP contribution in [0, 0.1) is 0 Å². The van der Waals surface area contributed by atoms with Crippen molar-refractivity contribution in [2.45, 2.75) is 13.1 Å². The first-order valence-corrected chi connectivity index (χ1v) is 8.13. The van der Waals surface area contributed by atoms with Gasteiger partial charge < -0.3 is 24.4 Å². The molecule has 0 atom stereocenters. The van der Waals surface area contributed by atoms with Crippen molar-refractivity contribution in [3.05, 3.63) is 53.6 Å². The van der Waals surface area contributed by atoms with Gasteiger partial charge in [-0.2, -0.15) is 0 Å². The summed E-state index contributed by atoms with van der Waals surface area (Å²) in [7, 11) is 5.47. The smallest absolute Gasteiger partial charge is 0.231 e. The van der Waals surface area contributed by atoms with Crippen LogP contribution < -0.4 is 19.5 Å². The zero-order valence-corrected chi connectivity index (χ0v) is 14.8. The highest BCUT2D eigenvalue weighted by molar-refractivity contribution is 5.79. The van der Waals surface area contributed by atoms with Crippen LogP contribution in [0.2, 0.25) is 0 Å². The predicted molar refractivity (Wildman–Crippen MR) is 97.2 cm³/mol. The summed E-state index contributed by atoms with van der Waals surface area (Å²) < 4.78 is 16.2. The average Bonchev–Trinajstić information content (AvgIpc) is 3.10. The number of para-hydroxylation sites is 1. The Morgan fingerprint density at radius 2 is 2.00 bits per heavy atom. The van der Waals surface area contributed by atoms with E-state index in [1.807, 2.05) is 43.4 Å². The number of methoxy groups -OCH3 is 1. The van der Waals surface area contributed by atoms with Crippen LogP contribution >= 0.6 is 0 Å². The number of nitrogens with zero attached hydrogens (tertiary/aromatic N) is 2. The molecule has 3 rings (SSSR count). The fraction of sp³-hybridized carbons (Fsp3) is 0.316. The Morgan fingerprint density at radius 1 is 1.20 bits per heavy atom. The third-order valence-corrected chi connectivity index (χ3v) is 4.06. The molecule has 0 fully saturated rings. The molecular weight excluding hydrogens is 318 g/mol. The van der Waals surface area contributed by atoms with Crippen molar-refractivity contribution in [3.8, 4) is 17.2 Å². The standard InChI is InChI=1S/C19H23N3O3/c1-20-19(22(2)12-15-6-4-5-7-16(15)23-3)21-11-14-8-9-17-18(10-14)25-13-24-17/h4-10H,11-13H2,1-3H3,(H,20,21). The number of nitrogens with one attached hydrogen (secondary N) is 1. The molecule has 6 nitrogen and oxygen atoms in total. The van der Waals surface area contributed by atoms with Crippen molar-refractivity contribution in [2.24, 2.45) is 4.99 Å².